The number of hydrogen-bond acceptors (Lipinski definition) is 3. The van der Waals surface area contributed by atoms with Crippen LogP contribution in [0.15, 0.2) is 18.3 Å². The molecule has 0 aliphatic carbocycles. The van der Waals surface area contributed by atoms with Gasteiger partial charge in [0.1, 0.15) is 5.82 Å². The van der Waals surface area contributed by atoms with Gasteiger partial charge < -0.3 is 5.32 Å². The van der Waals surface area contributed by atoms with Gasteiger partial charge in [0.15, 0.2) is 0 Å². The highest BCUT2D eigenvalue weighted by Gasteiger charge is 1.98. The fourth-order valence-corrected chi connectivity index (χ4v) is 1.95. The smallest absolute Gasteiger partial charge is 0.144 e. The van der Waals surface area contributed by atoms with E-state index in [0.717, 1.165) is 12.4 Å². The Hall–Kier alpha value is -0.410. The maximum absolute atomic E-state index is 5.96. The number of rotatable bonds is 7. The number of anilines is 1. The van der Waals surface area contributed by atoms with Gasteiger partial charge in [-0.05, 0) is 37.0 Å². The fourth-order valence-electron chi connectivity index (χ4n) is 1.27. The first-order chi connectivity index (χ1) is 7.34. The van der Waals surface area contributed by atoms with Crippen molar-refractivity contribution in [3.63, 3.8) is 0 Å². The van der Waals surface area contributed by atoms with Crippen LogP contribution >= 0.6 is 23.4 Å². The summed E-state index contributed by atoms with van der Waals surface area (Å²) in [6, 6.07) is 3.69. The van der Waals surface area contributed by atoms with Gasteiger partial charge in [-0.15, -0.1) is 0 Å². The standard InChI is InChI=1S/C11H17ClN2S/c1-15-9-4-2-3-7-13-11-10(12)6-5-8-14-11/h5-6,8H,2-4,7,9H2,1H3,(H,13,14). The van der Waals surface area contributed by atoms with E-state index in [0.29, 0.717) is 5.02 Å². The first kappa shape index (κ1) is 12.7. The van der Waals surface area contributed by atoms with Gasteiger partial charge >= 0.3 is 0 Å². The largest absolute Gasteiger partial charge is 0.369 e. The third-order valence-electron chi connectivity index (χ3n) is 2.08. The molecule has 2 nitrogen and oxygen atoms in total. The zero-order valence-corrected chi connectivity index (χ0v) is 10.6. The van der Waals surface area contributed by atoms with E-state index in [1.807, 2.05) is 23.9 Å². The molecule has 0 aliphatic rings. The van der Waals surface area contributed by atoms with Gasteiger partial charge in [0.25, 0.3) is 0 Å². The average molecular weight is 245 g/mol. The minimum atomic E-state index is 0.696. The lowest BCUT2D eigenvalue weighted by Crippen LogP contribution is -2.03. The summed E-state index contributed by atoms with van der Waals surface area (Å²) >= 11 is 7.86. The normalized spacial score (nSPS) is 10.3. The van der Waals surface area contributed by atoms with E-state index in [1.54, 1.807) is 6.20 Å². The quantitative estimate of drug-likeness (QED) is 0.741. The Morgan fingerprint density at radius 1 is 1.40 bits per heavy atom. The molecule has 84 valence electrons. The summed E-state index contributed by atoms with van der Waals surface area (Å²) in [6.45, 7) is 0.950. The second kappa shape index (κ2) is 7.83. The summed E-state index contributed by atoms with van der Waals surface area (Å²) in [5.41, 5.74) is 0. The molecule has 0 fully saturated rings. The Morgan fingerprint density at radius 2 is 2.27 bits per heavy atom. The van der Waals surface area contributed by atoms with Crippen molar-refractivity contribution in [2.75, 3.05) is 23.9 Å². The maximum Gasteiger partial charge on any atom is 0.144 e. The summed E-state index contributed by atoms with van der Waals surface area (Å²) in [5.74, 6) is 2.05. The van der Waals surface area contributed by atoms with Crippen molar-refractivity contribution in [3.05, 3.63) is 23.4 Å². The van der Waals surface area contributed by atoms with Gasteiger partial charge in [0.2, 0.25) is 0 Å². The lowest BCUT2D eigenvalue weighted by Gasteiger charge is -2.06. The third kappa shape index (κ3) is 5.28. The van der Waals surface area contributed by atoms with E-state index < -0.39 is 0 Å². The number of nitrogens with one attached hydrogen (secondary N) is 1. The van der Waals surface area contributed by atoms with Crippen LogP contribution in [0.4, 0.5) is 5.82 Å². The zero-order chi connectivity index (χ0) is 10.9. The lowest BCUT2D eigenvalue weighted by atomic mass is 10.2. The Bertz CT molecular complexity index is 281. The second-order valence-electron chi connectivity index (χ2n) is 3.31. The monoisotopic (exact) mass is 244 g/mol. The summed E-state index contributed by atoms with van der Waals surface area (Å²) < 4.78 is 0. The molecule has 15 heavy (non-hydrogen) atoms. The first-order valence-electron chi connectivity index (χ1n) is 5.18. The van der Waals surface area contributed by atoms with E-state index in [1.165, 1.54) is 25.0 Å². The van der Waals surface area contributed by atoms with Crippen molar-refractivity contribution in [3.8, 4) is 0 Å². The van der Waals surface area contributed by atoms with Crippen LogP contribution < -0.4 is 5.32 Å². The van der Waals surface area contributed by atoms with Crippen molar-refractivity contribution < 1.29 is 0 Å². The van der Waals surface area contributed by atoms with Gasteiger partial charge in [0, 0.05) is 12.7 Å². The number of hydrogen-bond donors (Lipinski definition) is 1. The molecule has 0 unspecified atom stereocenters. The summed E-state index contributed by atoms with van der Waals surface area (Å²) in [6.07, 6.45) is 7.62. The van der Waals surface area contributed by atoms with Gasteiger partial charge in [-0.3, -0.25) is 0 Å². The van der Waals surface area contributed by atoms with Gasteiger partial charge in [-0.1, -0.05) is 18.0 Å². The van der Waals surface area contributed by atoms with E-state index in [-0.39, 0.29) is 0 Å². The van der Waals surface area contributed by atoms with Crippen LogP contribution in [-0.4, -0.2) is 23.5 Å². The SMILES string of the molecule is CSCCCCCNc1ncccc1Cl. The van der Waals surface area contributed by atoms with Crippen LogP contribution in [-0.2, 0) is 0 Å². The molecule has 4 heteroatoms. The number of thioether (sulfide) groups is 1. The molecular weight excluding hydrogens is 228 g/mol. The molecule has 1 aromatic rings. The highest BCUT2D eigenvalue weighted by molar-refractivity contribution is 7.98. The van der Waals surface area contributed by atoms with Crippen LogP contribution in [0, 0.1) is 0 Å². The molecule has 1 aromatic heterocycles. The molecule has 0 radical (unpaired) electrons. The molecule has 0 saturated heterocycles. The van der Waals surface area contributed by atoms with Crippen molar-refractivity contribution in [2.24, 2.45) is 0 Å². The second-order valence-corrected chi connectivity index (χ2v) is 4.71. The minimum absolute atomic E-state index is 0.696. The Balaban J connectivity index is 2.12. The third-order valence-corrected chi connectivity index (χ3v) is 3.08. The molecule has 0 aromatic carbocycles. The van der Waals surface area contributed by atoms with Crippen molar-refractivity contribution in [1.29, 1.82) is 0 Å². The lowest BCUT2D eigenvalue weighted by molar-refractivity contribution is 0.748. The van der Waals surface area contributed by atoms with Crippen molar-refractivity contribution in [2.45, 2.75) is 19.3 Å². The fraction of sp³-hybridized carbons (Fsp3) is 0.545. The summed E-state index contributed by atoms with van der Waals surface area (Å²) in [5, 5.41) is 3.94. The number of unbranched alkanes of at least 4 members (excludes halogenated alkanes) is 2. The molecule has 0 saturated carbocycles. The maximum atomic E-state index is 5.96. The number of halogens is 1. The first-order valence-corrected chi connectivity index (χ1v) is 6.95. The zero-order valence-electron chi connectivity index (χ0n) is 9.00. The van der Waals surface area contributed by atoms with Crippen LogP contribution in [0.3, 0.4) is 0 Å². The number of aromatic nitrogens is 1. The molecule has 0 amide bonds. The molecule has 1 heterocycles. The van der Waals surface area contributed by atoms with Crippen molar-refractivity contribution in [1.82, 2.24) is 4.98 Å². The summed E-state index contributed by atoms with van der Waals surface area (Å²) in [4.78, 5) is 4.17. The molecular formula is C11H17ClN2S. The van der Waals surface area contributed by atoms with Crippen LogP contribution in [0.1, 0.15) is 19.3 Å². The molecule has 0 bridgehead atoms. The highest BCUT2D eigenvalue weighted by atomic mass is 35.5. The number of pyridine rings is 1. The van der Waals surface area contributed by atoms with Gasteiger partial charge in [-0.25, -0.2) is 4.98 Å². The number of nitrogens with zero attached hydrogens (tertiary/aromatic N) is 1. The summed E-state index contributed by atoms with van der Waals surface area (Å²) in [7, 11) is 0. The minimum Gasteiger partial charge on any atom is -0.369 e. The van der Waals surface area contributed by atoms with E-state index in [9.17, 15) is 0 Å². The van der Waals surface area contributed by atoms with Crippen LogP contribution in [0.5, 0.6) is 0 Å². The predicted octanol–water partition coefficient (Wildman–Crippen LogP) is 3.68. The van der Waals surface area contributed by atoms with Gasteiger partial charge in [0.05, 0.1) is 5.02 Å². The van der Waals surface area contributed by atoms with Gasteiger partial charge in [-0.2, -0.15) is 11.8 Å². The molecule has 1 N–H and O–H groups in total. The predicted molar refractivity (Wildman–Crippen MR) is 70.0 cm³/mol. The highest BCUT2D eigenvalue weighted by Crippen LogP contribution is 2.17. The van der Waals surface area contributed by atoms with E-state index in [4.69, 9.17) is 11.6 Å². The van der Waals surface area contributed by atoms with Crippen LogP contribution in [0.25, 0.3) is 0 Å². The molecule has 0 spiro atoms. The van der Waals surface area contributed by atoms with E-state index >= 15 is 0 Å². The molecule has 0 atom stereocenters. The Labute approximate surface area is 101 Å². The Morgan fingerprint density at radius 3 is 3.00 bits per heavy atom. The van der Waals surface area contributed by atoms with Crippen molar-refractivity contribution >= 4 is 29.2 Å². The topological polar surface area (TPSA) is 24.9 Å². The Kier molecular flexibility index (Phi) is 6.60. The average Bonchev–Trinajstić information content (AvgIpc) is 2.25. The van der Waals surface area contributed by atoms with E-state index in [2.05, 4.69) is 16.6 Å². The molecule has 1 rings (SSSR count). The van der Waals surface area contributed by atoms with Crippen LogP contribution in [0.2, 0.25) is 5.02 Å². The molecule has 0 aliphatic heterocycles.